The van der Waals surface area contributed by atoms with Gasteiger partial charge in [0, 0.05) is 30.3 Å². The predicted molar refractivity (Wildman–Crippen MR) is 99.5 cm³/mol. The second-order valence-corrected chi connectivity index (χ2v) is 6.69. The zero-order valence-corrected chi connectivity index (χ0v) is 15.7. The minimum Gasteiger partial charge on any atom is -0.481 e. The summed E-state index contributed by atoms with van der Waals surface area (Å²) in [6, 6.07) is 2.55. The second-order valence-electron chi connectivity index (χ2n) is 6.69. The molecule has 0 bridgehead atoms. The average Bonchev–Trinajstić information content (AvgIpc) is 2.70. The van der Waals surface area contributed by atoms with Crippen LogP contribution in [0.4, 0.5) is 5.69 Å². The maximum Gasteiger partial charge on any atom is 0.308 e. The Balaban J connectivity index is 1.98. The summed E-state index contributed by atoms with van der Waals surface area (Å²) in [5.74, 6) is -0.995. The summed E-state index contributed by atoms with van der Waals surface area (Å²) in [4.78, 5) is 31.0. The zero-order valence-electron chi connectivity index (χ0n) is 15.7. The minimum absolute atomic E-state index is 0.121. The van der Waals surface area contributed by atoms with E-state index in [1.54, 1.807) is 0 Å². The molecule has 2 atom stereocenters. The molecule has 150 valence electrons. The van der Waals surface area contributed by atoms with E-state index in [1.165, 1.54) is 26.4 Å². The smallest absolute Gasteiger partial charge is 0.308 e. The average molecular weight is 390 g/mol. The fourth-order valence-corrected chi connectivity index (χ4v) is 3.60. The summed E-state index contributed by atoms with van der Waals surface area (Å²) in [5.41, 5.74) is 1.18. The molecule has 2 N–H and O–H groups in total. The van der Waals surface area contributed by atoms with Crippen molar-refractivity contribution in [1.82, 2.24) is 15.3 Å². The van der Waals surface area contributed by atoms with Crippen molar-refractivity contribution in [3.05, 3.63) is 27.8 Å². The zero-order chi connectivity index (χ0) is 20.3. The fourth-order valence-electron chi connectivity index (χ4n) is 3.60. The number of carboxylic acids is 1. The van der Waals surface area contributed by atoms with Crippen LogP contribution in [0.5, 0.6) is 11.8 Å². The first-order valence-electron chi connectivity index (χ1n) is 8.97. The largest absolute Gasteiger partial charge is 0.481 e. The molecule has 1 aromatic carbocycles. The Morgan fingerprint density at radius 2 is 1.93 bits per heavy atom. The molecule has 1 fully saturated rings. The number of nitrogens with one attached hydrogen (secondary N) is 1. The minimum atomic E-state index is -0.827. The van der Waals surface area contributed by atoms with E-state index in [2.05, 4.69) is 15.3 Å². The Labute approximate surface area is 161 Å². The van der Waals surface area contributed by atoms with Crippen LogP contribution in [0.25, 0.3) is 11.0 Å². The third kappa shape index (κ3) is 3.96. The van der Waals surface area contributed by atoms with Gasteiger partial charge in [-0.1, -0.05) is 12.8 Å². The molecule has 0 spiro atoms. The van der Waals surface area contributed by atoms with Crippen LogP contribution in [0.2, 0.25) is 0 Å². The molecule has 1 aromatic heterocycles. The maximum atomic E-state index is 11.5. The van der Waals surface area contributed by atoms with Crippen LogP contribution in [0.3, 0.4) is 0 Å². The van der Waals surface area contributed by atoms with Gasteiger partial charge in [0.1, 0.15) is 5.52 Å². The van der Waals surface area contributed by atoms with Crippen LogP contribution in [-0.4, -0.2) is 46.2 Å². The van der Waals surface area contributed by atoms with Crippen molar-refractivity contribution in [3.63, 3.8) is 0 Å². The molecule has 0 radical (unpaired) electrons. The topological polar surface area (TPSA) is 137 Å². The van der Waals surface area contributed by atoms with Crippen molar-refractivity contribution < 1.29 is 24.3 Å². The number of rotatable bonds is 7. The van der Waals surface area contributed by atoms with E-state index < -0.39 is 16.8 Å². The van der Waals surface area contributed by atoms with Crippen molar-refractivity contribution in [3.8, 4) is 11.8 Å². The molecule has 10 heteroatoms. The first-order valence-corrected chi connectivity index (χ1v) is 8.97. The number of fused-ring (bicyclic) bond motifs is 1. The number of aliphatic carboxylic acids is 1. The number of nitrogens with zero attached hydrogens (tertiary/aromatic N) is 3. The number of nitro groups is 1. The monoisotopic (exact) mass is 390 g/mol. The SMILES string of the molecule is COc1nc2cc([N+](=O)[O-])cc(CN[C@H]3CCCC[C@H]3C(=O)O)c2nc1OC. The Morgan fingerprint density at radius 3 is 2.57 bits per heavy atom. The quantitative estimate of drug-likeness (QED) is 0.539. The van der Waals surface area contributed by atoms with Crippen molar-refractivity contribution in [2.45, 2.75) is 38.3 Å². The highest BCUT2D eigenvalue weighted by molar-refractivity contribution is 5.82. The van der Waals surface area contributed by atoms with E-state index in [1.807, 2.05) is 0 Å². The van der Waals surface area contributed by atoms with Gasteiger partial charge in [-0.25, -0.2) is 9.97 Å². The molecular weight excluding hydrogens is 368 g/mol. The number of aromatic nitrogens is 2. The summed E-state index contributed by atoms with van der Waals surface area (Å²) in [5, 5.41) is 24.0. The van der Waals surface area contributed by atoms with Crippen molar-refractivity contribution in [1.29, 1.82) is 0 Å². The summed E-state index contributed by atoms with van der Waals surface area (Å²) in [6.45, 7) is 0.233. The number of methoxy groups -OCH3 is 2. The van der Waals surface area contributed by atoms with Gasteiger partial charge < -0.3 is 19.9 Å². The van der Waals surface area contributed by atoms with Crippen molar-refractivity contribution in [2.75, 3.05) is 14.2 Å². The van der Waals surface area contributed by atoms with Crippen LogP contribution in [0.1, 0.15) is 31.2 Å². The van der Waals surface area contributed by atoms with Crippen LogP contribution >= 0.6 is 0 Å². The van der Waals surface area contributed by atoms with Gasteiger partial charge in [-0.2, -0.15) is 0 Å². The summed E-state index contributed by atoms with van der Waals surface area (Å²) in [6.07, 6.45) is 3.19. The second kappa shape index (κ2) is 8.34. The van der Waals surface area contributed by atoms with E-state index in [0.717, 1.165) is 19.3 Å². The molecule has 28 heavy (non-hydrogen) atoms. The Kier molecular flexibility index (Phi) is 5.88. The van der Waals surface area contributed by atoms with E-state index >= 15 is 0 Å². The van der Waals surface area contributed by atoms with Crippen LogP contribution in [0, 0.1) is 16.0 Å². The normalized spacial score (nSPS) is 19.4. The van der Waals surface area contributed by atoms with Gasteiger partial charge >= 0.3 is 5.97 Å². The molecule has 3 rings (SSSR count). The molecule has 0 aliphatic heterocycles. The Bertz CT molecular complexity index is 903. The number of non-ortho nitro benzene ring substituents is 1. The van der Waals surface area contributed by atoms with Crippen LogP contribution in [0.15, 0.2) is 12.1 Å². The molecule has 1 heterocycles. The highest BCUT2D eigenvalue weighted by atomic mass is 16.6. The number of hydrogen-bond donors (Lipinski definition) is 2. The fraction of sp³-hybridized carbons (Fsp3) is 0.500. The number of hydrogen-bond acceptors (Lipinski definition) is 8. The van der Waals surface area contributed by atoms with Gasteiger partial charge in [0.15, 0.2) is 0 Å². The molecule has 2 aromatic rings. The highest BCUT2D eigenvalue weighted by Crippen LogP contribution is 2.31. The molecule has 0 unspecified atom stereocenters. The van der Waals surface area contributed by atoms with Crippen molar-refractivity contribution in [2.24, 2.45) is 5.92 Å². The molecule has 10 nitrogen and oxygen atoms in total. The van der Waals surface area contributed by atoms with E-state index in [-0.39, 0.29) is 30.0 Å². The van der Waals surface area contributed by atoms with Gasteiger partial charge in [-0.3, -0.25) is 14.9 Å². The van der Waals surface area contributed by atoms with Crippen LogP contribution in [-0.2, 0) is 11.3 Å². The lowest BCUT2D eigenvalue weighted by atomic mass is 9.84. The number of ether oxygens (including phenoxy) is 2. The van der Waals surface area contributed by atoms with E-state index in [4.69, 9.17) is 9.47 Å². The van der Waals surface area contributed by atoms with Gasteiger partial charge in [-0.05, 0) is 12.8 Å². The number of carboxylic acid groups (broad SMARTS) is 1. The summed E-state index contributed by atoms with van der Waals surface area (Å²) >= 11 is 0. The summed E-state index contributed by atoms with van der Waals surface area (Å²) < 4.78 is 10.3. The van der Waals surface area contributed by atoms with Gasteiger partial charge in [0.05, 0.1) is 30.6 Å². The van der Waals surface area contributed by atoms with Crippen LogP contribution < -0.4 is 14.8 Å². The van der Waals surface area contributed by atoms with Crippen molar-refractivity contribution >= 4 is 22.7 Å². The standard InChI is InChI=1S/C18H22N4O6/c1-27-16-17(28-2)21-15-10(7-11(22(25)26)8-14(15)20-16)9-19-13-6-4-3-5-12(13)18(23)24/h7-8,12-13,19H,3-6,9H2,1-2H3,(H,23,24)/t12-,13+/m1/s1. The lowest BCUT2D eigenvalue weighted by Gasteiger charge is -2.29. The molecule has 1 aliphatic carbocycles. The lowest BCUT2D eigenvalue weighted by molar-refractivity contribution is -0.384. The first-order chi connectivity index (χ1) is 13.4. The molecule has 0 amide bonds. The molecule has 1 aliphatic rings. The summed E-state index contributed by atoms with van der Waals surface area (Å²) in [7, 11) is 2.84. The number of nitro benzene ring substituents is 1. The highest BCUT2D eigenvalue weighted by Gasteiger charge is 2.30. The number of carbonyl (C=O) groups is 1. The van der Waals surface area contributed by atoms with Gasteiger partial charge in [-0.15, -0.1) is 0 Å². The Hall–Kier alpha value is -3.01. The van der Waals surface area contributed by atoms with E-state index in [0.29, 0.717) is 23.0 Å². The van der Waals surface area contributed by atoms with Gasteiger partial charge in [0.2, 0.25) is 0 Å². The molecule has 1 saturated carbocycles. The number of benzene rings is 1. The molecular formula is C18H22N4O6. The predicted octanol–water partition coefficient (Wildman–Crippen LogP) is 2.29. The maximum absolute atomic E-state index is 11.5. The Morgan fingerprint density at radius 1 is 1.25 bits per heavy atom. The van der Waals surface area contributed by atoms with Gasteiger partial charge in [0.25, 0.3) is 17.4 Å². The van der Waals surface area contributed by atoms with E-state index in [9.17, 15) is 20.0 Å². The first kappa shape index (κ1) is 19.7. The lowest BCUT2D eigenvalue weighted by Crippen LogP contribution is -2.41. The third-order valence-electron chi connectivity index (χ3n) is 5.01. The third-order valence-corrected chi connectivity index (χ3v) is 5.01. The molecule has 0 saturated heterocycles.